The molecule has 0 radical (unpaired) electrons. The summed E-state index contributed by atoms with van der Waals surface area (Å²) in [7, 11) is 0. The summed E-state index contributed by atoms with van der Waals surface area (Å²) in [5.74, 6) is 1.32. The van der Waals surface area contributed by atoms with Crippen LogP contribution in [-0.4, -0.2) is 41.3 Å². The van der Waals surface area contributed by atoms with Crippen LogP contribution in [-0.2, 0) is 0 Å². The van der Waals surface area contributed by atoms with Gasteiger partial charge in [0.05, 0.1) is 12.7 Å². The summed E-state index contributed by atoms with van der Waals surface area (Å²) in [4.78, 5) is 0. The zero-order valence-electron chi connectivity index (χ0n) is 14.8. The molecule has 8 heteroatoms. The molecule has 0 saturated carbocycles. The first-order valence-electron chi connectivity index (χ1n) is 8.45. The van der Waals surface area contributed by atoms with Gasteiger partial charge in [0.2, 0.25) is 0 Å². The highest BCUT2D eigenvalue weighted by molar-refractivity contribution is 5.97. The summed E-state index contributed by atoms with van der Waals surface area (Å²) in [5, 5.41) is 28.9. The van der Waals surface area contributed by atoms with Crippen molar-refractivity contribution >= 4 is 11.7 Å². The van der Waals surface area contributed by atoms with E-state index >= 15 is 0 Å². The van der Waals surface area contributed by atoms with Crippen molar-refractivity contribution in [3.8, 4) is 11.5 Å². The first-order chi connectivity index (χ1) is 13.0. The maximum Gasteiger partial charge on any atom is 0.170 e. The van der Waals surface area contributed by atoms with Crippen molar-refractivity contribution in [1.82, 2.24) is 0 Å². The van der Waals surface area contributed by atoms with E-state index in [0.717, 1.165) is 0 Å². The molecule has 0 heterocycles. The molecule has 1 atom stereocenters. The molecular weight excluding hydrogens is 348 g/mol. The van der Waals surface area contributed by atoms with Crippen molar-refractivity contribution < 1.29 is 19.8 Å². The van der Waals surface area contributed by atoms with Crippen LogP contribution in [0, 0.1) is 5.41 Å². The first kappa shape index (κ1) is 20.1. The van der Waals surface area contributed by atoms with E-state index < -0.39 is 6.10 Å². The molecule has 0 amide bonds. The van der Waals surface area contributed by atoms with Crippen LogP contribution < -0.4 is 20.9 Å². The van der Waals surface area contributed by atoms with E-state index in [1.807, 2.05) is 0 Å². The first-order valence-corrected chi connectivity index (χ1v) is 8.45. The molecule has 0 aromatic heterocycles. The van der Waals surface area contributed by atoms with Crippen molar-refractivity contribution in [1.29, 1.82) is 5.41 Å². The van der Waals surface area contributed by atoms with E-state index in [1.165, 1.54) is 0 Å². The number of nitrogens with two attached hydrogens (primary N) is 2. The Morgan fingerprint density at radius 1 is 0.963 bits per heavy atom. The SMILES string of the molecule is N=C(N)c1ccc(OCC(O)CCCOc2ccc(/C(N)=N\O)cc2)cc1. The zero-order valence-corrected chi connectivity index (χ0v) is 14.8. The van der Waals surface area contributed by atoms with E-state index in [2.05, 4.69) is 5.16 Å². The molecule has 2 aromatic rings. The van der Waals surface area contributed by atoms with E-state index in [-0.39, 0.29) is 18.3 Å². The van der Waals surface area contributed by atoms with Crippen molar-refractivity contribution in [2.45, 2.75) is 18.9 Å². The Kier molecular flexibility index (Phi) is 7.45. The van der Waals surface area contributed by atoms with Crippen LogP contribution in [0.15, 0.2) is 53.7 Å². The number of nitrogen functional groups attached to an aromatic ring is 1. The number of hydrogen-bond donors (Lipinski definition) is 5. The molecule has 7 N–H and O–H groups in total. The minimum Gasteiger partial charge on any atom is -0.494 e. The molecule has 8 nitrogen and oxygen atoms in total. The van der Waals surface area contributed by atoms with Gasteiger partial charge in [0.1, 0.15) is 23.9 Å². The van der Waals surface area contributed by atoms with Crippen LogP contribution in [0.2, 0.25) is 0 Å². The molecule has 0 bridgehead atoms. The van der Waals surface area contributed by atoms with Crippen molar-refractivity contribution in [2.24, 2.45) is 16.6 Å². The number of amidine groups is 2. The molecular formula is C19H24N4O4. The Hall–Kier alpha value is -3.26. The van der Waals surface area contributed by atoms with Crippen LogP contribution in [0.25, 0.3) is 0 Å². The maximum atomic E-state index is 9.99. The van der Waals surface area contributed by atoms with Crippen molar-refractivity contribution in [2.75, 3.05) is 13.2 Å². The van der Waals surface area contributed by atoms with Crippen molar-refractivity contribution in [3.63, 3.8) is 0 Å². The van der Waals surface area contributed by atoms with Crippen LogP contribution in [0.3, 0.4) is 0 Å². The van der Waals surface area contributed by atoms with Gasteiger partial charge in [-0.05, 0) is 61.4 Å². The number of rotatable bonds is 10. The molecule has 0 aliphatic heterocycles. The lowest BCUT2D eigenvalue weighted by molar-refractivity contribution is 0.0938. The topological polar surface area (TPSA) is 147 Å². The Balaban J connectivity index is 1.65. The average Bonchev–Trinajstić information content (AvgIpc) is 2.69. The number of aliphatic hydroxyl groups excluding tert-OH is 1. The Morgan fingerprint density at radius 3 is 2.07 bits per heavy atom. The highest BCUT2D eigenvalue weighted by Crippen LogP contribution is 2.14. The third kappa shape index (κ3) is 6.52. The molecule has 0 fully saturated rings. The van der Waals surface area contributed by atoms with Crippen LogP contribution in [0.5, 0.6) is 11.5 Å². The molecule has 144 valence electrons. The van der Waals surface area contributed by atoms with Gasteiger partial charge in [-0.1, -0.05) is 5.16 Å². The predicted octanol–water partition coefficient (Wildman–Crippen LogP) is 1.66. The Labute approximate surface area is 157 Å². The number of nitrogens with zero attached hydrogens (tertiary/aromatic N) is 1. The maximum absolute atomic E-state index is 9.99. The third-order valence-corrected chi connectivity index (χ3v) is 3.82. The number of ether oxygens (including phenoxy) is 2. The van der Waals surface area contributed by atoms with E-state index in [9.17, 15) is 5.11 Å². The van der Waals surface area contributed by atoms with Gasteiger partial charge >= 0.3 is 0 Å². The number of hydrogen-bond acceptors (Lipinski definition) is 6. The monoisotopic (exact) mass is 372 g/mol. The second-order valence-electron chi connectivity index (χ2n) is 5.90. The van der Waals surface area contributed by atoms with Gasteiger partial charge in [-0.3, -0.25) is 5.41 Å². The van der Waals surface area contributed by atoms with Gasteiger partial charge in [0.15, 0.2) is 5.84 Å². The van der Waals surface area contributed by atoms with Gasteiger partial charge in [-0.2, -0.15) is 0 Å². The molecule has 27 heavy (non-hydrogen) atoms. The molecule has 0 spiro atoms. The van der Waals surface area contributed by atoms with Crippen LogP contribution in [0.4, 0.5) is 0 Å². The lowest BCUT2D eigenvalue weighted by atomic mass is 10.2. The van der Waals surface area contributed by atoms with Gasteiger partial charge < -0.3 is 31.3 Å². The number of nitrogens with one attached hydrogen (secondary N) is 1. The average molecular weight is 372 g/mol. The van der Waals surface area contributed by atoms with Gasteiger partial charge in [0.25, 0.3) is 0 Å². The highest BCUT2D eigenvalue weighted by atomic mass is 16.5. The molecule has 2 aromatic carbocycles. The quantitative estimate of drug-likeness (QED) is 0.141. The highest BCUT2D eigenvalue weighted by Gasteiger charge is 2.06. The fraction of sp³-hybridized carbons (Fsp3) is 0.263. The predicted molar refractivity (Wildman–Crippen MR) is 103 cm³/mol. The van der Waals surface area contributed by atoms with Crippen LogP contribution >= 0.6 is 0 Å². The second kappa shape index (κ2) is 10.0. The summed E-state index contributed by atoms with van der Waals surface area (Å²) >= 11 is 0. The second-order valence-corrected chi connectivity index (χ2v) is 5.90. The molecule has 0 aliphatic carbocycles. The molecule has 0 saturated heterocycles. The van der Waals surface area contributed by atoms with Gasteiger partial charge in [-0.15, -0.1) is 0 Å². The zero-order chi connectivity index (χ0) is 19.6. The lowest BCUT2D eigenvalue weighted by Crippen LogP contribution is -2.18. The normalized spacial score (nSPS) is 12.4. The summed E-state index contributed by atoms with van der Waals surface area (Å²) in [5.41, 5.74) is 12.1. The number of oxime groups is 1. The van der Waals surface area contributed by atoms with Gasteiger partial charge in [-0.25, -0.2) is 0 Å². The summed E-state index contributed by atoms with van der Waals surface area (Å²) < 4.78 is 11.1. The fourth-order valence-electron chi connectivity index (χ4n) is 2.30. The largest absolute Gasteiger partial charge is 0.494 e. The summed E-state index contributed by atoms with van der Waals surface area (Å²) in [6.07, 6.45) is 0.591. The Bertz CT molecular complexity index is 760. The smallest absolute Gasteiger partial charge is 0.170 e. The molecule has 0 aliphatic rings. The summed E-state index contributed by atoms with van der Waals surface area (Å²) in [6.45, 7) is 0.626. The number of benzene rings is 2. The lowest BCUT2D eigenvalue weighted by Gasteiger charge is -2.13. The minimum absolute atomic E-state index is 0.00113. The van der Waals surface area contributed by atoms with E-state index in [0.29, 0.717) is 42.1 Å². The minimum atomic E-state index is -0.607. The molecule has 1 unspecified atom stereocenters. The van der Waals surface area contributed by atoms with E-state index in [4.69, 9.17) is 31.6 Å². The van der Waals surface area contributed by atoms with Gasteiger partial charge in [0, 0.05) is 11.1 Å². The van der Waals surface area contributed by atoms with E-state index in [1.54, 1.807) is 48.5 Å². The molecule has 2 rings (SSSR count). The third-order valence-electron chi connectivity index (χ3n) is 3.82. The van der Waals surface area contributed by atoms with Crippen LogP contribution in [0.1, 0.15) is 24.0 Å². The Morgan fingerprint density at radius 2 is 1.52 bits per heavy atom. The number of aliphatic hydroxyl groups is 1. The fourth-order valence-corrected chi connectivity index (χ4v) is 2.30. The standard InChI is InChI=1S/C19H24N4O4/c20-18(21)13-3-7-17(8-4-13)27-12-15(24)2-1-11-26-16-9-5-14(6-10-16)19(22)23-25/h3-10,15,24-25H,1-2,11-12H2,(H3,20,21)(H2,22,23). The van der Waals surface area contributed by atoms with Crippen molar-refractivity contribution in [3.05, 3.63) is 59.7 Å². The summed E-state index contributed by atoms with van der Waals surface area (Å²) in [6, 6.07) is 13.7.